The van der Waals surface area contributed by atoms with E-state index < -0.39 is 154 Å². The summed E-state index contributed by atoms with van der Waals surface area (Å²) < 4.78 is 20.6. The van der Waals surface area contributed by atoms with Gasteiger partial charge in [0, 0.05) is 6.42 Å². The third-order valence-corrected chi connectivity index (χ3v) is 13.1. The summed E-state index contributed by atoms with van der Waals surface area (Å²) in [4.78, 5) is 76.7. The van der Waals surface area contributed by atoms with Gasteiger partial charge < -0.3 is 70.0 Å². The molecule has 0 aromatic carbocycles. The minimum Gasteiger partial charge on any atom is -0.463 e. The molecule has 0 bridgehead atoms. The summed E-state index contributed by atoms with van der Waals surface area (Å²) in [6.07, 6.45) is 8.79. The molecule has 0 fully saturated rings. The van der Waals surface area contributed by atoms with Crippen molar-refractivity contribution in [1.82, 2.24) is 0 Å². The molecule has 0 aromatic heterocycles. The molecule has 1 rings (SSSR count). The molecule has 1 aliphatic rings. The lowest BCUT2D eigenvalue weighted by Gasteiger charge is -2.36. The van der Waals surface area contributed by atoms with Crippen LogP contribution in [0.3, 0.4) is 0 Å². The Hall–Kier alpha value is -6.04. The van der Waals surface area contributed by atoms with E-state index in [4.69, 9.17) is 29.2 Å². The van der Waals surface area contributed by atoms with Crippen molar-refractivity contribution in [2.75, 3.05) is 26.4 Å². The largest absolute Gasteiger partial charge is 0.463 e. The van der Waals surface area contributed by atoms with E-state index in [-0.39, 0.29) is 18.6 Å². The van der Waals surface area contributed by atoms with E-state index in [1.807, 2.05) is 147 Å². The average Bonchev–Trinajstić information content (AvgIpc) is 3.44. The molecule has 10 unspecified atom stereocenters. The fraction of sp³-hybridized carbons (Fsp3) is 0.548. The van der Waals surface area contributed by atoms with Gasteiger partial charge in [-0.25, -0.2) is 0 Å². The van der Waals surface area contributed by atoms with Crippen molar-refractivity contribution in [1.29, 1.82) is 0 Å². The number of carbonyl (C=O) groups excluding carboxylic acids is 6. The Balaban J connectivity index is 2.85. The fourth-order valence-electron chi connectivity index (χ4n) is 8.07. The summed E-state index contributed by atoms with van der Waals surface area (Å²) >= 11 is 0. The van der Waals surface area contributed by atoms with Gasteiger partial charge in [-0.2, -0.15) is 0 Å². The Kier molecular flexibility index (Phi) is 32.9. The van der Waals surface area contributed by atoms with Gasteiger partial charge in [0.25, 0.3) is 0 Å². The van der Waals surface area contributed by atoms with Gasteiger partial charge in [-0.1, -0.05) is 149 Å². The zero-order valence-electron chi connectivity index (χ0n) is 49.5. The van der Waals surface area contributed by atoms with Crippen LogP contribution in [0.5, 0.6) is 0 Å². The van der Waals surface area contributed by atoms with Gasteiger partial charge in [-0.3, -0.25) is 28.8 Å². The van der Waals surface area contributed by atoms with Gasteiger partial charge in [0.2, 0.25) is 0 Å². The lowest BCUT2D eigenvalue weighted by molar-refractivity contribution is -0.161. The zero-order valence-corrected chi connectivity index (χ0v) is 49.5. The van der Waals surface area contributed by atoms with Gasteiger partial charge in [0.15, 0.2) is 23.8 Å². The zero-order chi connectivity index (χ0) is 62.7. The molecule has 0 amide bonds. The summed E-state index contributed by atoms with van der Waals surface area (Å²) in [5, 5.41) is 95.8. The van der Waals surface area contributed by atoms with Gasteiger partial charge in [-0.15, -0.1) is 0 Å². The van der Waals surface area contributed by atoms with Crippen LogP contribution in [0.4, 0.5) is 0 Å². The van der Waals surface area contributed by atoms with E-state index in [1.54, 1.807) is 20.8 Å². The third-order valence-electron chi connectivity index (χ3n) is 13.1. The number of allylic oxidation sites excluding steroid dienone is 20. The second kappa shape index (κ2) is 36.5. The lowest BCUT2D eigenvalue weighted by Crippen LogP contribution is -2.47. The van der Waals surface area contributed by atoms with E-state index in [0.717, 1.165) is 33.4 Å². The molecule has 0 saturated heterocycles. The minimum atomic E-state index is -1.92. The van der Waals surface area contributed by atoms with Crippen molar-refractivity contribution >= 4 is 35.4 Å². The first-order chi connectivity index (χ1) is 38.2. The quantitative estimate of drug-likeness (QED) is 0.0186. The Morgan fingerprint density at radius 2 is 0.988 bits per heavy atom. The molecule has 10 N–H and O–H groups in total. The molecule has 0 aliphatic heterocycles. The summed E-state index contributed by atoms with van der Waals surface area (Å²) in [7, 11) is 0. The summed E-state index contributed by atoms with van der Waals surface area (Å²) in [6.45, 7) is 19.3. The standard InChI is InChI=1S/C62H90O20/c1-13-49(81-53(71)30-28-51(69)79-35-47(67)59(77)57(75)45(65)33-63)55(73)41(6)43(61(8,9)10)26-24-39(4)22-16-20-37(2)18-14-15-19-38(3)21-17-23-40(5)25-27-44-42(7)56(74)50(32-62(44,11)12)82-54(72)31-29-52(70)80-36-48(68)60(78)58(76)46(66)34-64/h14-27,45-50,57-60,63-68,75-78H,13,28-36H2,1-12H3/b15-14+,20-16+,21-17+,26-24+,27-25+,37-18+,38-19+,39-22+,40-23+,43-41-. The topological polar surface area (TPSA) is 342 Å². The normalized spacial score (nSPS) is 19.7. The minimum absolute atomic E-state index is 0.175. The Morgan fingerprint density at radius 3 is 1.43 bits per heavy atom. The van der Waals surface area contributed by atoms with Gasteiger partial charge >= 0.3 is 23.9 Å². The highest BCUT2D eigenvalue weighted by atomic mass is 16.6. The number of rotatable bonds is 33. The van der Waals surface area contributed by atoms with Crippen molar-refractivity contribution < 1.29 is 98.8 Å². The van der Waals surface area contributed by atoms with E-state index in [9.17, 15) is 69.6 Å². The second-order valence-electron chi connectivity index (χ2n) is 21.9. The molecule has 0 aromatic rings. The van der Waals surface area contributed by atoms with Crippen molar-refractivity contribution in [3.8, 4) is 0 Å². The van der Waals surface area contributed by atoms with Crippen LogP contribution in [-0.4, -0.2) is 174 Å². The predicted molar refractivity (Wildman–Crippen MR) is 307 cm³/mol. The van der Waals surface area contributed by atoms with E-state index in [2.05, 4.69) is 0 Å². The SMILES string of the molecule is CCC(OC(=O)CCC(=O)OCC(O)C(O)C(O)C(O)CO)C(=O)/C(C)=C(/C=C/C(C)=C/C=C/C(C)=C/C=C/C=C(C)/C=C/C=C(C)/C=C/C1=C(C)C(=O)C(OC(=O)CCC(=O)OCC(O)C(O)C(O)C(O)CO)CC1(C)C)C(C)(C)C. The first-order valence-electron chi connectivity index (χ1n) is 27.2. The number of aliphatic hydroxyl groups is 10. The van der Waals surface area contributed by atoms with Crippen molar-refractivity contribution in [3.63, 3.8) is 0 Å². The molecular weight excluding hydrogens is 1060 g/mol. The second-order valence-corrected chi connectivity index (χ2v) is 21.9. The third kappa shape index (κ3) is 26.5. The maximum atomic E-state index is 13.7. The number of esters is 4. The Bertz CT molecular complexity index is 2510. The highest BCUT2D eigenvalue weighted by Crippen LogP contribution is 2.41. The average molecular weight is 1160 g/mol. The van der Waals surface area contributed by atoms with Crippen molar-refractivity contribution in [2.24, 2.45) is 10.8 Å². The fourth-order valence-corrected chi connectivity index (χ4v) is 8.07. The maximum absolute atomic E-state index is 13.7. The molecule has 20 heteroatoms. The van der Waals surface area contributed by atoms with Gasteiger partial charge in [-0.05, 0) is 81.1 Å². The molecule has 82 heavy (non-hydrogen) atoms. The number of ether oxygens (including phenoxy) is 4. The van der Waals surface area contributed by atoms with E-state index in [1.165, 1.54) is 0 Å². The number of carbonyl (C=O) groups is 6. The highest BCUT2D eigenvalue weighted by Gasteiger charge is 2.40. The summed E-state index contributed by atoms with van der Waals surface area (Å²) in [6, 6.07) is 0. The molecular formula is C62H90O20. The number of hydrogen-bond acceptors (Lipinski definition) is 20. The first kappa shape index (κ1) is 74.0. The number of ketones is 2. The van der Waals surface area contributed by atoms with E-state index in [0.29, 0.717) is 11.1 Å². The predicted octanol–water partition coefficient (Wildman–Crippen LogP) is 4.55. The van der Waals surface area contributed by atoms with Crippen LogP contribution in [0.2, 0.25) is 0 Å². The van der Waals surface area contributed by atoms with Crippen LogP contribution in [0.25, 0.3) is 0 Å². The van der Waals surface area contributed by atoms with Crippen molar-refractivity contribution in [2.45, 2.75) is 183 Å². The molecule has 20 nitrogen and oxygen atoms in total. The van der Waals surface area contributed by atoms with Crippen LogP contribution in [-0.2, 0) is 47.7 Å². The number of aliphatic hydroxyl groups excluding tert-OH is 10. The Labute approximate surface area is 482 Å². The molecule has 0 heterocycles. The highest BCUT2D eigenvalue weighted by molar-refractivity contribution is 6.02. The van der Waals surface area contributed by atoms with Gasteiger partial charge in [0.1, 0.15) is 62.0 Å². The Morgan fingerprint density at radius 1 is 0.585 bits per heavy atom. The van der Waals surface area contributed by atoms with Crippen LogP contribution in [0, 0.1) is 10.8 Å². The van der Waals surface area contributed by atoms with Crippen LogP contribution in [0.1, 0.15) is 122 Å². The first-order valence-corrected chi connectivity index (χ1v) is 27.2. The van der Waals surface area contributed by atoms with E-state index >= 15 is 0 Å². The van der Waals surface area contributed by atoms with Crippen LogP contribution >= 0.6 is 0 Å². The lowest BCUT2D eigenvalue weighted by atomic mass is 9.71. The number of Topliss-reactive ketones (excluding diaryl/α,β-unsaturated/α-hetero) is 2. The maximum Gasteiger partial charge on any atom is 0.307 e. The molecule has 10 atom stereocenters. The monoisotopic (exact) mass is 1150 g/mol. The molecule has 0 saturated carbocycles. The van der Waals surface area contributed by atoms with Gasteiger partial charge in [0.05, 0.1) is 38.9 Å². The smallest absolute Gasteiger partial charge is 0.307 e. The van der Waals surface area contributed by atoms with Crippen molar-refractivity contribution in [3.05, 3.63) is 130 Å². The molecule has 458 valence electrons. The molecule has 0 radical (unpaired) electrons. The van der Waals surface area contributed by atoms with Crippen LogP contribution < -0.4 is 0 Å². The van der Waals surface area contributed by atoms with Crippen LogP contribution in [0.15, 0.2) is 130 Å². The molecule has 0 spiro atoms. The molecule has 1 aliphatic carbocycles. The summed E-state index contributed by atoms with van der Waals surface area (Å²) in [5.74, 6) is -4.20. The number of hydrogen-bond donors (Lipinski definition) is 10. The summed E-state index contributed by atoms with van der Waals surface area (Å²) in [5.41, 5.74) is 5.18.